The van der Waals surface area contributed by atoms with Gasteiger partial charge < -0.3 is 11.1 Å². The Morgan fingerprint density at radius 1 is 1.26 bits per heavy atom. The van der Waals surface area contributed by atoms with Crippen LogP contribution in [0.2, 0.25) is 5.02 Å². The highest BCUT2D eigenvalue weighted by Crippen LogP contribution is 2.32. The molecule has 1 rings (SSSR count). The smallest absolute Gasteiger partial charge is 0.230 e. The second-order valence-corrected chi connectivity index (χ2v) is 5.13. The summed E-state index contributed by atoms with van der Waals surface area (Å²) in [5.41, 5.74) is 6.00. The minimum atomic E-state index is -0.473. The minimum Gasteiger partial charge on any atom is -0.355 e. The number of amides is 1. The van der Waals surface area contributed by atoms with Gasteiger partial charge in [-0.3, -0.25) is 4.79 Å². The third-order valence-electron chi connectivity index (χ3n) is 3.71. The first-order valence-electron chi connectivity index (χ1n) is 6.85. The number of halogens is 1. The van der Waals surface area contributed by atoms with Crippen molar-refractivity contribution >= 4 is 17.5 Å². The van der Waals surface area contributed by atoms with Gasteiger partial charge in [0.2, 0.25) is 5.91 Å². The Labute approximate surface area is 120 Å². The fourth-order valence-electron chi connectivity index (χ4n) is 2.35. The summed E-state index contributed by atoms with van der Waals surface area (Å²) in [6, 6.07) is 7.56. The molecule has 3 N–H and O–H groups in total. The zero-order chi connectivity index (χ0) is 14.3. The van der Waals surface area contributed by atoms with E-state index in [0.29, 0.717) is 18.1 Å². The number of hydrogen-bond donors (Lipinski definition) is 2. The molecule has 0 fully saturated rings. The van der Waals surface area contributed by atoms with E-state index in [4.69, 9.17) is 17.3 Å². The van der Waals surface area contributed by atoms with Gasteiger partial charge in [0.25, 0.3) is 0 Å². The van der Waals surface area contributed by atoms with Crippen molar-refractivity contribution in [2.75, 3.05) is 13.1 Å². The molecule has 1 aromatic rings. The first-order valence-corrected chi connectivity index (χ1v) is 7.23. The summed E-state index contributed by atoms with van der Waals surface area (Å²) in [6.45, 7) is 5.30. The molecule has 0 heterocycles. The van der Waals surface area contributed by atoms with Crippen LogP contribution in [-0.4, -0.2) is 19.0 Å². The van der Waals surface area contributed by atoms with Crippen LogP contribution < -0.4 is 11.1 Å². The maximum atomic E-state index is 12.5. The number of nitrogens with two attached hydrogens (primary N) is 1. The van der Waals surface area contributed by atoms with E-state index < -0.39 is 5.41 Å². The van der Waals surface area contributed by atoms with Gasteiger partial charge in [0.1, 0.15) is 0 Å². The lowest BCUT2D eigenvalue weighted by atomic mass is 9.75. The third-order valence-corrected chi connectivity index (χ3v) is 3.96. The number of rotatable bonds is 7. The Kier molecular flexibility index (Phi) is 6.32. The van der Waals surface area contributed by atoms with Crippen molar-refractivity contribution in [2.45, 2.75) is 38.5 Å². The molecule has 0 aromatic heterocycles. The molecule has 3 nitrogen and oxygen atoms in total. The van der Waals surface area contributed by atoms with Gasteiger partial charge in [-0.05, 0) is 43.5 Å². The highest BCUT2D eigenvalue weighted by Gasteiger charge is 2.36. The molecule has 0 aliphatic heterocycles. The summed E-state index contributed by atoms with van der Waals surface area (Å²) in [5, 5.41) is 3.68. The van der Waals surface area contributed by atoms with Crippen molar-refractivity contribution in [3.05, 3.63) is 34.9 Å². The van der Waals surface area contributed by atoms with Crippen LogP contribution in [0, 0.1) is 0 Å². The van der Waals surface area contributed by atoms with Crippen LogP contribution in [0.25, 0.3) is 0 Å². The summed E-state index contributed by atoms with van der Waals surface area (Å²) in [7, 11) is 0. The van der Waals surface area contributed by atoms with E-state index in [1.807, 2.05) is 38.1 Å². The van der Waals surface area contributed by atoms with Crippen molar-refractivity contribution in [3.8, 4) is 0 Å². The average Bonchev–Trinajstić information content (AvgIpc) is 2.43. The SMILES string of the molecule is CCC(CC)(C(=O)NCCCN)c1ccc(Cl)cc1. The molecule has 0 saturated carbocycles. The van der Waals surface area contributed by atoms with E-state index in [1.54, 1.807) is 0 Å². The zero-order valence-corrected chi connectivity index (χ0v) is 12.5. The topological polar surface area (TPSA) is 55.1 Å². The van der Waals surface area contributed by atoms with Crippen molar-refractivity contribution in [1.29, 1.82) is 0 Å². The number of hydrogen-bond acceptors (Lipinski definition) is 2. The number of benzene rings is 1. The fraction of sp³-hybridized carbons (Fsp3) is 0.533. The second-order valence-electron chi connectivity index (χ2n) is 4.69. The first-order chi connectivity index (χ1) is 9.10. The highest BCUT2D eigenvalue weighted by molar-refractivity contribution is 6.30. The molecule has 0 radical (unpaired) electrons. The molecule has 0 spiro atoms. The molecule has 0 aliphatic carbocycles. The van der Waals surface area contributed by atoms with Crippen LogP contribution in [0.3, 0.4) is 0 Å². The normalized spacial score (nSPS) is 11.4. The molecule has 0 unspecified atom stereocenters. The Balaban J connectivity index is 2.95. The third kappa shape index (κ3) is 3.71. The van der Waals surface area contributed by atoms with Gasteiger partial charge >= 0.3 is 0 Å². The van der Waals surface area contributed by atoms with Gasteiger partial charge in [-0.25, -0.2) is 0 Å². The van der Waals surface area contributed by atoms with E-state index in [0.717, 1.165) is 24.8 Å². The summed E-state index contributed by atoms with van der Waals surface area (Å²) < 4.78 is 0. The standard InChI is InChI=1S/C15H23ClN2O/c1-3-15(4-2,14(19)18-11-5-10-17)12-6-8-13(16)9-7-12/h6-9H,3-5,10-11,17H2,1-2H3,(H,18,19). The molecular formula is C15H23ClN2O. The number of carbonyl (C=O) groups is 1. The molecule has 0 saturated heterocycles. The van der Waals surface area contributed by atoms with Gasteiger partial charge in [0.05, 0.1) is 5.41 Å². The highest BCUT2D eigenvalue weighted by atomic mass is 35.5. The quantitative estimate of drug-likeness (QED) is 0.756. The molecule has 0 bridgehead atoms. The maximum absolute atomic E-state index is 12.5. The molecule has 19 heavy (non-hydrogen) atoms. The Hall–Kier alpha value is -1.06. The molecule has 106 valence electrons. The van der Waals surface area contributed by atoms with Crippen LogP contribution in [0.5, 0.6) is 0 Å². The summed E-state index contributed by atoms with van der Waals surface area (Å²) >= 11 is 5.92. The number of nitrogens with one attached hydrogen (secondary N) is 1. The Morgan fingerprint density at radius 2 is 1.84 bits per heavy atom. The van der Waals surface area contributed by atoms with E-state index in [1.165, 1.54) is 0 Å². The van der Waals surface area contributed by atoms with Gasteiger partial charge in [0.15, 0.2) is 0 Å². The minimum absolute atomic E-state index is 0.0771. The van der Waals surface area contributed by atoms with Crippen molar-refractivity contribution in [3.63, 3.8) is 0 Å². The van der Waals surface area contributed by atoms with Gasteiger partial charge in [0, 0.05) is 11.6 Å². The maximum Gasteiger partial charge on any atom is 0.230 e. The molecule has 0 atom stereocenters. The molecule has 0 aliphatic rings. The molecule has 1 aromatic carbocycles. The van der Waals surface area contributed by atoms with E-state index >= 15 is 0 Å². The van der Waals surface area contributed by atoms with Crippen LogP contribution in [-0.2, 0) is 10.2 Å². The van der Waals surface area contributed by atoms with Crippen LogP contribution in [0.4, 0.5) is 0 Å². The second kappa shape index (κ2) is 7.51. The van der Waals surface area contributed by atoms with E-state index in [2.05, 4.69) is 5.32 Å². The molecule has 1 amide bonds. The predicted octanol–water partition coefficient (Wildman–Crippen LogP) is 2.86. The van der Waals surface area contributed by atoms with Crippen LogP contribution in [0.1, 0.15) is 38.7 Å². The lowest BCUT2D eigenvalue weighted by molar-refractivity contribution is -0.127. The van der Waals surface area contributed by atoms with Crippen molar-refractivity contribution in [1.82, 2.24) is 5.32 Å². The summed E-state index contributed by atoms with van der Waals surface area (Å²) in [4.78, 5) is 12.5. The lowest BCUT2D eigenvalue weighted by Gasteiger charge is -2.31. The van der Waals surface area contributed by atoms with E-state index in [-0.39, 0.29) is 5.91 Å². The van der Waals surface area contributed by atoms with Crippen molar-refractivity contribution in [2.24, 2.45) is 5.73 Å². The van der Waals surface area contributed by atoms with Gasteiger partial charge in [-0.2, -0.15) is 0 Å². The summed E-state index contributed by atoms with van der Waals surface area (Å²) in [5.74, 6) is 0.0771. The average molecular weight is 283 g/mol. The number of carbonyl (C=O) groups excluding carboxylic acids is 1. The van der Waals surface area contributed by atoms with Gasteiger partial charge in [-0.1, -0.05) is 37.6 Å². The van der Waals surface area contributed by atoms with Crippen LogP contribution >= 0.6 is 11.6 Å². The fourth-order valence-corrected chi connectivity index (χ4v) is 2.48. The molecule has 4 heteroatoms. The predicted molar refractivity (Wildman–Crippen MR) is 80.4 cm³/mol. The Bertz CT molecular complexity index is 399. The monoisotopic (exact) mass is 282 g/mol. The lowest BCUT2D eigenvalue weighted by Crippen LogP contribution is -2.44. The van der Waals surface area contributed by atoms with Crippen molar-refractivity contribution < 1.29 is 4.79 Å². The van der Waals surface area contributed by atoms with Gasteiger partial charge in [-0.15, -0.1) is 0 Å². The first kappa shape index (κ1) is 16.0. The zero-order valence-electron chi connectivity index (χ0n) is 11.7. The Morgan fingerprint density at radius 3 is 2.32 bits per heavy atom. The van der Waals surface area contributed by atoms with Crippen LogP contribution in [0.15, 0.2) is 24.3 Å². The summed E-state index contributed by atoms with van der Waals surface area (Å²) in [6.07, 6.45) is 2.33. The largest absolute Gasteiger partial charge is 0.355 e. The van der Waals surface area contributed by atoms with E-state index in [9.17, 15) is 4.79 Å². The molecular weight excluding hydrogens is 260 g/mol.